The molecule has 0 amide bonds. The molecule has 0 aliphatic carbocycles. The molecule has 0 saturated carbocycles. The van der Waals surface area contributed by atoms with Crippen LogP contribution in [-0.4, -0.2) is 23.7 Å². The highest BCUT2D eigenvalue weighted by Crippen LogP contribution is 2.09. The molecule has 23 heavy (non-hydrogen) atoms. The summed E-state index contributed by atoms with van der Waals surface area (Å²) in [5, 5.41) is 8.44. The average molecular weight is 329 g/mol. The SMILES string of the molecule is CCCCCC/C=C\CCCCCCCC(=O)OC(=O)CO.N. The maximum absolute atomic E-state index is 11.2. The zero-order valence-electron chi connectivity index (χ0n) is 14.7. The normalized spacial score (nSPS) is 10.5. The van der Waals surface area contributed by atoms with Gasteiger partial charge in [0, 0.05) is 6.42 Å². The molecule has 0 atom stereocenters. The lowest BCUT2D eigenvalue weighted by Gasteiger charge is -2.01. The van der Waals surface area contributed by atoms with E-state index in [1.807, 2.05) is 0 Å². The minimum atomic E-state index is -0.869. The molecule has 0 aliphatic heterocycles. The van der Waals surface area contributed by atoms with Gasteiger partial charge in [0.1, 0.15) is 6.61 Å². The first-order chi connectivity index (χ1) is 10.7. The standard InChI is InChI=1S/C18H32O4.H3N/c1-2-3-4-5-6-7-8-9-10-11-12-13-14-15-17(20)22-18(21)16-19;/h7-8,19H,2-6,9-16H2,1H3;1H3/b8-7-;. The predicted molar refractivity (Wildman–Crippen MR) is 93.4 cm³/mol. The number of aliphatic hydroxyl groups is 1. The third kappa shape index (κ3) is 18.8. The van der Waals surface area contributed by atoms with E-state index in [9.17, 15) is 9.59 Å². The third-order valence-corrected chi connectivity index (χ3v) is 3.50. The number of ether oxygens (including phenoxy) is 1. The Bertz CT molecular complexity index is 316. The van der Waals surface area contributed by atoms with E-state index < -0.39 is 18.5 Å². The van der Waals surface area contributed by atoms with Crippen LogP contribution in [0.1, 0.15) is 84.0 Å². The molecule has 0 rings (SSSR count). The van der Waals surface area contributed by atoms with E-state index in [4.69, 9.17) is 5.11 Å². The lowest BCUT2D eigenvalue weighted by atomic mass is 10.1. The Labute approximate surface area is 141 Å². The molecule has 0 saturated heterocycles. The van der Waals surface area contributed by atoms with E-state index in [0.717, 1.165) is 25.7 Å². The van der Waals surface area contributed by atoms with Crippen LogP contribution < -0.4 is 6.15 Å². The fourth-order valence-corrected chi connectivity index (χ4v) is 2.20. The Morgan fingerprint density at radius 2 is 1.35 bits per heavy atom. The van der Waals surface area contributed by atoms with Gasteiger partial charge in [0.05, 0.1) is 0 Å². The molecule has 4 N–H and O–H groups in total. The van der Waals surface area contributed by atoms with E-state index in [2.05, 4.69) is 23.8 Å². The van der Waals surface area contributed by atoms with Crippen LogP contribution in [0.4, 0.5) is 0 Å². The van der Waals surface area contributed by atoms with Gasteiger partial charge in [-0.25, -0.2) is 4.79 Å². The monoisotopic (exact) mass is 329 g/mol. The van der Waals surface area contributed by atoms with Crippen molar-refractivity contribution in [1.82, 2.24) is 6.15 Å². The molecular weight excluding hydrogens is 294 g/mol. The summed E-state index contributed by atoms with van der Waals surface area (Å²) in [5.74, 6) is -1.41. The molecule has 0 radical (unpaired) electrons. The smallest absolute Gasteiger partial charge is 0.339 e. The van der Waals surface area contributed by atoms with Gasteiger partial charge in [-0.05, 0) is 32.1 Å². The number of carbonyl (C=O) groups excluding carboxylic acids is 2. The van der Waals surface area contributed by atoms with Crippen LogP contribution in [0, 0.1) is 0 Å². The molecule has 5 nitrogen and oxygen atoms in total. The molecule has 0 aromatic carbocycles. The zero-order chi connectivity index (χ0) is 16.5. The lowest BCUT2D eigenvalue weighted by molar-refractivity contribution is -0.161. The first-order valence-corrected chi connectivity index (χ1v) is 8.70. The summed E-state index contributed by atoms with van der Waals surface area (Å²) in [5.41, 5.74) is 0. The molecule has 0 heterocycles. The van der Waals surface area contributed by atoms with Gasteiger partial charge < -0.3 is 16.0 Å². The van der Waals surface area contributed by atoms with E-state index in [1.54, 1.807) is 0 Å². The number of carbonyl (C=O) groups is 2. The van der Waals surface area contributed by atoms with Crippen LogP contribution in [0.3, 0.4) is 0 Å². The molecule has 5 heteroatoms. The van der Waals surface area contributed by atoms with Gasteiger partial charge in [0.2, 0.25) is 0 Å². The molecular formula is C18H35NO4. The fourth-order valence-electron chi connectivity index (χ4n) is 2.20. The average Bonchev–Trinajstić information content (AvgIpc) is 2.51. The highest BCUT2D eigenvalue weighted by atomic mass is 16.6. The second-order valence-corrected chi connectivity index (χ2v) is 5.63. The Morgan fingerprint density at radius 3 is 1.91 bits per heavy atom. The summed E-state index contributed by atoms with van der Waals surface area (Å²) in [6.45, 7) is 1.49. The summed E-state index contributed by atoms with van der Waals surface area (Å²) in [7, 11) is 0. The molecule has 0 aromatic rings. The van der Waals surface area contributed by atoms with Crippen molar-refractivity contribution in [1.29, 1.82) is 0 Å². The third-order valence-electron chi connectivity index (χ3n) is 3.50. The summed E-state index contributed by atoms with van der Waals surface area (Å²) in [6.07, 6.45) is 17.6. The molecule has 136 valence electrons. The van der Waals surface area contributed by atoms with Crippen molar-refractivity contribution >= 4 is 11.9 Å². The molecule has 0 unspecified atom stereocenters. The molecule has 0 bridgehead atoms. The molecule has 0 aromatic heterocycles. The van der Waals surface area contributed by atoms with E-state index in [0.29, 0.717) is 0 Å². The van der Waals surface area contributed by atoms with Crippen LogP contribution in [0.25, 0.3) is 0 Å². The van der Waals surface area contributed by atoms with Crippen LogP contribution >= 0.6 is 0 Å². The van der Waals surface area contributed by atoms with Gasteiger partial charge in [-0.2, -0.15) is 0 Å². The second-order valence-electron chi connectivity index (χ2n) is 5.63. The summed E-state index contributed by atoms with van der Waals surface area (Å²) in [6, 6.07) is 0. The van der Waals surface area contributed by atoms with Crippen molar-refractivity contribution < 1.29 is 19.4 Å². The maximum atomic E-state index is 11.2. The minimum absolute atomic E-state index is 0. The summed E-state index contributed by atoms with van der Waals surface area (Å²) >= 11 is 0. The highest BCUT2D eigenvalue weighted by molar-refractivity contribution is 5.85. The van der Waals surface area contributed by atoms with Gasteiger partial charge in [0.25, 0.3) is 0 Å². The Balaban J connectivity index is 0. The number of hydrogen-bond donors (Lipinski definition) is 2. The van der Waals surface area contributed by atoms with Gasteiger partial charge in [-0.1, -0.05) is 57.6 Å². The van der Waals surface area contributed by atoms with Crippen LogP contribution in [0.5, 0.6) is 0 Å². The fraction of sp³-hybridized carbons (Fsp3) is 0.778. The van der Waals surface area contributed by atoms with E-state index >= 15 is 0 Å². The largest absolute Gasteiger partial charge is 0.391 e. The zero-order valence-corrected chi connectivity index (χ0v) is 14.7. The van der Waals surface area contributed by atoms with Crippen LogP contribution in [0.15, 0.2) is 12.2 Å². The molecule has 0 aliphatic rings. The Kier molecular flexibility index (Phi) is 19.7. The Hall–Kier alpha value is -1.20. The van der Waals surface area contributed by atoms with E-state index in [1.165, 1.54) is 44.9 Å². The summed E-state index contributed by atoms with van der Waals surface area (Å²) in [4.78, 5) is 21.8. The number of allylic oxidation sites excluding steroid dienone is 2. The lowest BCUT2D eigenvalue weighted by Crippen LogP contribution is -2.14. The quantitative estimate of drug-likeness (QED) is 0.212. The number of unbranched alkanes of at least 4 members (excludes halogenated alkanes) is 9. The topological polar surface area (TPSA) is 98.6 Å². The van der Waals surface area contributed by atoms with Crippen molar-refractivity contribution in [2.24, 2.45) is 0 Å². The van der Waals surface area contributed by atoms with Crippen molar-refractivity contribution in [3.63, 3.8) is 0 Å². The minimum Gasteiger partial charge on any atom is -0.391 e. The van der Waals surface area contributed by atoms with Gasteiger partial charge >= 0.3 is 11.9 Å². The summed E-state index contributed by atoms with van der Waals surface area (Å²) < 4.78 is 4.37. The Morgan fingerprint density at radius 1 is 0.826 bits per heavy atom. The van der Waals surface area contributed by atoms with Gasteiger partial charge in [0.15, 0.2) is 0 Å². The first kappa shape index (κ1) is 24.1. The molecule has 0 fully saturated rings. The number of rotatable bonds is 14. The number of aliphatic hydroxyl groups excluding tert-OH is 1. The second kappa shape index (κ2) is 18.8. The van der Waals surface area contributed by atoms with Crippen LogP contribution in [0.2, 0.25) is 0 Å². The van der Waals surface area contributed by atoms with Gasteiger partial charge in [-0.15, -0.1) is 0 Å². The van der Waals surface area contributed by atoms with E-state index in [-0.39, 0.29) is 12.6 Å². The number of esters is 2. The number of hydrogen-bond acceptors (Lipinski definition) is 5. The van der Waals surface area contributed by atoms with Crippen LogP contribution in [-0.2, 0) is 14.3 Å². The van der Waals surface area contributed by atoms with Crippen molar-refractivity contribution in [2.45, 2.75) is 84.0 Å². The maximum Gasteiger partial charge on any atom is 0.339 e. The van der Waals surface area contributed by atoms with Crippen molar-refractivity contribution in [2.75, 3.05) is 6.61 Å². The predicted octanol–water partition coefficient (Wildman–Crippen LogP) is 4.47. The molecule has 0 spiro atoms. The van der Waals surface area contributed by atoms with Gasteiger partial charge in [-0.3, -0.25) is 4.79 Å². The van der Waals surface area contributed by atoms with Crippen molar-refractivity contribution in [3.05, 3.63) is 12.2 Å². The highest BCUT2D eigenvalue weighted by Gasteiger charge is 2.08. The van der Waals surface area contributed by atoms with Crippen molar-refractivity contribution in [3.8, 4) is 0 Å². The first-order valence-electron chi connectivity index (χ1n) is 8.70.